The molecule has 0 fully saturated rings. The van der Waals surface area contributed by atoms with Crippen LogP contribution < -0.4 is 33.2 Å². The number of carbonyl (C=O) groups is 5. The first-order valence-electron chi connectivity index (χ1n) is 11.0. The Morgan fingerprint density at radius 3 is 2.17 bits per heavy atom. The highest BCUT2D eigenvalue weighted by molar-refractivity contribution is 7.80. The Morgan fingerprint density at radius 2 is 1.63 bits per heavy atom. The Balaban J connectivity index is 2.82. The van der Waals surface area contributed by atoms with Crippen LogP contribution in [0, 0.1) is 0 Å². The van der Waals surface area contributed by atoms with Gasteiger partial charge in [-0.3, -0.25) is 19.2 Å². The van der Waals surface area contributed by atoms with E-state index in [0.717, 1.165) is 0 Å². The van der Waals surface area contributed by atoms with Crippen molar-refractivity contribution < 1.29 is 29.1 Å². The van der Waals surface area contributed by atoms with E-state index in [1.807, 2.05) is 0 Å². The first-order valence-corrected chi connectivity index (χ1v) is 11.7. The zero-order valence-electron chi connectivity index (χ0n) is 19.2. The van der Waals surface area contributed by atoms with E-state index in [0.29, 0.717) is 25.1 Å². The summed E-state index contributed by atoms with van der Waals surface area (Å²) in [6, 6.07) is -4.61. The maximum atomic E-state index is 12.8. The number of rotatable bonds is 17. The SMILES string of the molecule is NCCCCC(NC(=O)C(CCC(N)=O)NC(=O)C(CS)NC(=O)C(N)Cc1cnc[nH]1)C(=O)O. The second kappa shape index (κ2) is 15.7. The van der Waals surface area contributed by atoms with Crippen molar-refractivity contribution >= 4 is 42.2 Å². The van der Waals surface area contributed by atoms with Crippen molar-refractivity contribution in [3.8, 4) is 0 Å². The second-order valence-electron chi connectivity index (χ2n) is 7.88. The number of imidazole rings is 1. The summed E-state index contributed by atoms with van der Waals surface area (Å²) in [5.74, 6) is -4.27. The zero-order valence-corrected chi connectivity index (χ0v) is 20.1. The number of carbonyl (C=O) groups excluding carboxylic acids is 4. The number of nitrogens with two attached hydrogens (primary N) is 3. The Labute approximate surface area is 207 Å². The van der Waals surface area contributed by atoms with Gasteiger partial charge < -0.3 is 43.2 Å². The molecule has 15 heteroatoms. The Kier molecular flexibility index (Phi) is 13.4. The number of hydrogen-bond donors (Lipinski definition) is 9. The molecule has 0 bridgehead atoms. The molecule has 4 atom stereocenters. The number of primary amides is 1. The van der Waals surface area contributed by atoms with Gasteiger partial charge in [0.25, 0.3) is 0 Å². The minimum Gasteiger partial charge on any atom is -0.480 e. The lowest BCUT2D eigenvalue weighted by atomic mass is 10.1. The topological polar surface area (TPSA) is 248 Å². The maximum absolute atomic E-state index is 12.8. The monoisotopic (exact) mass is 514 g/mol. The van der Waals surface area contributed by atoms with E-state index in [9.17, 15) is 29.1 Å². The summed E-state index contributed by atoms with van der Waals surface area (Å²) in [4.78, 5) is 67.4. The van der Waals surface area contributed by atoms with Gasteiger partial charge in [-0.25, -0.2) is 9.78 Å². The molecule has 0 spiro atoms. The molecule has 14 nitrogen and oxygen atoms in total. The van der Waals surface area contributed by atoms with Crippen molar-refractivity contribution in [3.63, 3.8) is 0 Å². The molecule has 1 aromatic rings. The predicted octanol–water partition coefficient (Wildman–Crippen LogP) is -2.86. The molecule has 0 aliphatic rings. The number of hydrogen-bond acceptors (Lipinski definition) is 9. The number of nitrogens with zero attached hydrogens (tertiary/aromatic N) is 1. The number of nitrogens with one attached hydrogen (secondary N) is 4. The number of carboxylic acids is 1. The second-order valence-corrected chi connectivity index (χ2v) is 8.25. The van der Waals surface area contributed by atoms with Gasteiger partial charge in [0, 0.05) is 30.5 Å². The van der Waals surface area contributed by atoms with Gasteiger partial charge in [0.1, 0.15) is 18.1 Å². The van der Waals surface area contributed by atoms with Crippen molar-refractivity contribution in [1.29, 1.82) is 0 Å². The lowest BCUT2D eigenvalue weighted by molar-refractivity contribution is -0.142. The van der Waals surface area contributed by atoms with Crippen LogP contribution in [0.4, 0.5) is 0 Å². The van der Waals surface area contributed by atoms with Crippen molar-refractivity contribution in [2.45, 2.75) is 62.7 Å². The number of unbranched alkanes of at least 4 members (excludes halogenated alkanes) is 1. The quantitative estimate of drug-likeness (QED) is 0.0765. The molecule has 0 saturated carbocycles. The number of aliphatic carboxylic acids is 1. The molecule has 1 rings (SSSR count). The van der Waals surface area contributed by atoms with Gasteiger partial charge in [-0.2, -0.15) is 12.6 Å². The van der Waals surface area contributed by atoms with E-state index in [1.165, 1.54) is 12.5 Å². The van der Waals surface area contributed by atoms with Gasteiger partial charge in [-0.15, -0.1) is 0 Å². The summed E-state index contributed by atoms with van der Waals surface area (Å²) >= 11 is 4.08. The van der Waals surface area contributed by atoms with Gasteiger partial charge in [0.05, 0.1) is 12.4 Å². The third-order valence-corrected chi connectivity index (χ3v) is 5.39. The Bertz CT molecular complexity index is 853. The van der Waals surface area contributed by atoms with Crippen LogP contribution >= 0.6 is 12.6 Å². The standard InChI is InChI=1S/C20H34N8O6S/c21-6-2-1-3-14(20(33)34)27-18(31)13(4-5-16(23)29)26-19(32)15(9-35)28-17(30)12(22)7-11-8-24-10-25-11/h8,10,12-15,35H,1-7,9,21-22H2,(H2,23,29)(H,24,25)(H,26,32)(H,27,31)(H,28,30)(H,33,34). The molecule has 0 saturated heterocycles. The van der Waals surface area contributed by atoms with Gasteiger partial charge in [-0.05, 0) is 32.2 Å². The first kappa shape index (κ1) is 29.9. The van der Waals surface area contributed by atoms with Crippen LogP contribution in [0.5, 0.6) is 0 Å². The Morgan fingerprint density at radius 1 is 1.00 bits per heavy atom. The van der Waals surface area contributed by atoms with Crippen molar-refractivity contribution in [2.24, 2.45) is 17.2 Å². The van der Waals surface area contributed by atoms with Crippen LogP contribution in [-0.2, 0) is 30.4 Å². The molecule has 0 aliphatic heterocycles. The highest BCUT2D eigenvalue weighted by Gasteiger charge is 2.30. The molecule has 4 amide bonds. The third-order valence-electron chi connectivity index (χ3n) is 5.02. The molecule has 196 valence electrons. The number of thiol groups is 1. The summed E-state index contributed by atoms with van der Waals surface area (Å²) < 4.78 is 0. The van der Waals surface area contributed by atoms with Crippen LogP contribution in [0.1, 0.15) is 37.8 Å². The molecular formula is C20H34N8O6S. The summed E-state index contributed by atoms with van der Waals surface area (Å²) in [6.45, 7) is 0.375. The van der Waals surface area contributed by atoms with Gasteiger partial charge in [-0.1, -0.05) is 0 Å². The van der Waals surface area contributed by atoms with E-state index in [4.69, 9.17) is 17.2 Å². The smallest absolute Gasteiger partial charge is 0.326 e. The first-order chi connectivity index (χ1) is 16.6. The fourth-order valence-corrected chi connectivity index (χ4v) is 3.31. The van der Waals surface area contributed by atoms with E-state index in [2.05, 4.69) is 38.5 Å². The fraction of sp³-hybridized carbons (Fsp3) is 0.600. The minimum absolute atomic E-state index is 0.116. The average Bonchev–Trinajstić information content (AvgIpc) is 3.31. The van der Waals surface area contributed by atoms with Crippen LogP contribution in [0.2, 0.25) is 0 Å². The summed E-state index contributed by atoms with van der Waals surface area (Å²) in [7, 11) is 0. The molecule has 11 N–H and O–H groups in total. The van der Waals surface area contributed by atoms with Gasteiger partial charge in [0.15, 0.2) is 0 Å². The molecule has 0 aliphatic carbocycles. The highest BCUT2D eigenvalue weighted by Crippen LogP contribution is 2.05. The summed E-state index contributed by atoms with van der Waals surface area (Å²) in [5, 5.41) is 16.7. The average molecular weight is 515 g/mol. The third kappa shape index (κ3) is 11.2. The van der Waals surface area contributed by atoms with Crippen LogP contribution in [0.25, 0.3) is 0 Å². The lowest BCUT2D eigenvalue weighted by Crippen LogP contribution is -2.57. The van der Waals surface area contributed by atoms with Gasteiger partial charge in [0.2, 0.25) is 23.6 Å². The van der Waals surface area contributed by atoms with Crippen molar-refractivity contribution in [3.05, 3.63) is 18.2 Å². The normalized spacial score (nSPS) is 14.3. The fourth-order valence-electron chi connectivity index (χ4n) is 3.05. The van der Waals surface area contributed by atoms with E-state index >= 15 is 0 Å². The highest BCUT2D eigenvalue weighted by atomic mass is 32.1. The predicted molar refractivity (Wildman–Crippen MR) is 129 cm³/mol. The molecule has 0 aromatic carbocycles. The number of H-pyrrole nitrogens is 1. The largest absolute Gasteiger partial charge is 0.480 e. The van der Waals surface area contributed by atoms with E-state index < -0.39 is 53.8 Å². The molecule has 0 radical (unpaired) electrons. The molecule has 4 unspecified atom stereocenters. The minimum atomic E-state index is -1.27. The number of aromatic amines is 1. The van der Waals surface area contributed by atoms with Gasteiger partial charge >= 0.3 is 5.97 Å². The molecule has 35 heavy (non-hydrogen) atoms. The number of aromatic nitrogens is 2. The molecule has 1 heterocycles. The lowest BCUT2D eigenvalue weighted by Gasteiger charge is -2.24. The summed E-state index contributed by atoms with van der Waals surface area (Å²) in [5.41, 5.74) is 17.1. The Hall–Kier alpha value is -3.17. The van der Waals surface area contributed by atoms with E-state index in [-0.39, 0.29) is 31.4 Å². The van der Waals surface area contributed by atoms with Crippen molar-refractivity contribution in [2.75, 3.05) is 12.3 Å². The van der Waals surface area contributed by atoms with Crippen LogP contribution in [0.3, 0.4) is 0 Å². The van der Waals surface area contributed by atoms with Crippen LogP contribution in [-0.4, -0.2) is 81.1 Å². The van der Waals surface area contributed by atoms with E-state index in [1.54, 1.807) is 0 Å². The number of carboxylic acid groups (broad SMARTS) is 1. The maximum Gasteiger partial charge on any atom is 0.326 e. The van der Waals surface area contributed by atoms with Crippen molar-refractivity contribution in [1.82, 2.24) is 25.9 Å². The molecular weight excluding hydrogens is 480 g/mol. The summed E-state index contributed by atoms with van der Waals surface area (Å²) in [6.07, 6.45) is 3.87. The zero-order chi connectivity index (χ0) is 26.4. The van der Waals surface area contributed by atoms with Crippen LogP contribution in [0.15, 0.2) is 12.5 Å². The molecule has 1 aromatic heterocycles. The number of amides is 4.